The molecule has 1 aliphatic rings. The van der Waals surface area contributed by atoms with Crippen molar-refractivity contribution < 1.29 is 13.6 Å². The van der Waals surface area contributed by atoms with Crippen LogP contribution in [0.1, 0.15) is 54.8 Å². The van der Waals surface area contributed by atoms with Gasteiger partial charge in [-0.25, -0.2) is 8.78 Å². The highest BCUT2D eigenvalue weighted by atomic mass is 19.2. The highest BCUT2D eigenvalue weighted by molar-refractivity contribution is 5.82. The summed E-state index contributed by atoms with van der Waals surface area (Å²) in [6.45, 7) is 4.61. The van der Waals surface area contributed by atoms with E-state index < -0.39 is 11.6 Å². The number of carbonyl (C=O) groups excluding carboxylic acids is 1. The van der Waals surface area contributed by atoms with Crippen molar-refractivity contribution in [2.75, 3.05) is 6.54 Å². The van der Waals surface area contributed by atoms with Crippen molar-refractivity contribution in [2.24, 2.45) is 11.7 Å². The van der Waals surface area contributed by atoms with Gasteiger partial charge in [-0.1, -0.05) is 44.2 Å². The highest BCUT2D eigenvalue weighted by Gasteiger charge is 2.44. The van der Waals surface area contributed by atoms with E-state index in [9.17, 15) is 13.6 Å². The second kappa shape index (κ2) is 7.54. The summed E-state index contributed by atoms with van der Waals surface area (Å²) in [7, 11) is 0. The molecule has 0 heterocycles. The molecule has 3 N–H and O–H groups in total. The number of rotatable bonds is 6. The van der Waals surface area contributed by atoms with Crippen LogP contribution in [0.2, 0.25) is 0 Å². The monoisotopic (exact) mass is 358 g/mol. The molecule has 1 fully saturated rings. The lowest BCUT2D eigenvalue weighted by molar-refractivity contribution is -0.122. The molecule has 2 aromatic rings. The lowest BCUT2D eigenvalue weighted by atomic mass is 9.99. The maximum absolute atomic E-state index is 13.3. The summed E-state index contributed by atoms with van der Waals surface area (Å²) in [5.41, 5.74) is 9.05. The first-order valence-corrected chi connectivity index (χ1v) is 8.95. The second-order valence-electron chi connectivity index (χ2n) is 7.30. The average Bonchev–Trinajstić information content (AvgIpc) is 3.42. The molecule has 138 valence electrons. The number of nitrogens with one attached hydrogen (secondary N) is 1. The summed E-state index contributed by atoms with van der Waals surface area (Å²) in [5.74, 6) is -1.62. The first-order valence-electron chi connectivity index (χ1n) is 8.95. The SMILES string of the molecule is CC(C)c1ccc(C(N)CNC(=O)C2CC2c2ccc(F)c(F)c2)cc1. The zero-order chi connectivity index (χ0) is 18.8. The Morgan fingerprint density at radius 2 is 1.77 bits per heavy atom. The average molecular weight is 358 g/mol. The molecule has 3 atom stereocenters. The van der Waals surface area contributed by atoms with Gasteiger partial charge >= 0.3 is 0 Å². The zero-order valence-electron chi connectivity index (χ0n) is 15.0. The molecular formula is C21H24F2N2O. The third-order valence-electron chi connectivity index (χ3n) is 5.03. The van der Waals surface area contributed by atoms with Crippen LogP contribution in [-0.2, 0) is 4.79 Å². The first-order chi connectivity index (χ1) is 12.4. The Balaban J connectivity index is 1.52. The number of halogens is 2. The molecule has 0 aliphatic heterocycles. The van der Waals surface area contributed by atoms with E-state index in [0.29, 0.717) is 24.4 Å². The lowest BCUT2D eigenvalue weighted by Gasteiger charge is -2.14. The van der Waals surface area contributed by atoms with Crippen LogP contribution >= 0.6 is 0 Å². The van der Waals surface area contributed by atoms with Crippen molar-refractivity contribution in [1.82, 2.24) is 5.32 Å². The Morgan fingerprint density at radius 3 is 2.38 bits per heavy atom. The summed E-state index contributed by atoms with van der Waals surface area (Å²) in [6.07, 6.45) is 0.648. The van der Waals surface area contributed by atoms with Gasteiger partial charge in [-0.15, -0.1) is 0 Å². The van der Waals surface area contributed by atoms with E-state index >= 15 is 0 Å². The van der Waals surface area contributed by atoms with Crippen molar-refractivity contribution in [3.8, 4) is 0 Å². The van der Waals surface area contributed by atoms with E-state index in [1.807, 2.05) is 12.1 Å². The Hall–Kier alpha value is -2.27. The molecule has 0 saturated heterocycles. The van der Waals surface area contributed by atoms with Crippen molar-refractivity contribution in [1.29, 1.82) is 0 Å². The van der Waals surface area contributed by atoms with Crippen LogP contribution in [0.25, 0.3) is 0 Å². The number of carbonyl (C=O) groups is 1. The van der Waals surface area contributed by atoms with E-state index in [4.69, 9.17) is 5.73 Å². The van der Waals surface area contributed by atoms with Crippen LogP contribution in [0.3, 0.4) is 0 Å². The molecule has 1 saturated carbocycles. The fourth-order valence-corrected chi connectivity index (χ4v) is 3.18. The molecule has 1 amide bonds. The van der Waals surface area contributed by atoms with Gasteiger partial charge in [0.2, 0.25) is 5.91 Å². The molecule has 0 bridgehead atoms. The number of benzene rings is 2. The highest BCUT2D eigenvalue weighted by Crippen LogP contribution is 2.47. The maximum Gasteiger partial charge on any atom is 0.223 e. The minimum atomic E-state index is -0.875. The van der Waals surface area contributed by atoms with Crippen LogP contribution in [0.5, 0.6) is 0 Å². The smallest absolute Gasteiger partial charge is 0.223 e. The minimum absolute atomic E-state index is 0.0494. The van der Waals surface area contributed by atoms with Gasteiger partial charge in [0.15, 0.2) is 11.6 Å². The summed E-state index contributed by atoms with van der Waals surface area (Å²) in [4.78, 5) is 12.3. The summed E-state index contributed by atoms with van der Waals surface area (Å²) >= 11 is 0. The predicted molar refractivity (Wildman–Crippen MR) is 97.7 cm³/mol. The summed E-state index contributed by atoms with van der Waals surface area (Å²) < 4.78 is 26.3. The molecule has 3 nitrogen and oxygen atoms in total. The van der Waals surface area contributed by atoms with Crippen LogP contribution < -0.4 is 11.1 Å². The molecule has 3 unspecified atom stereocenters. The zero-order valence-corrected chi connectivity index (χ0v) is 15.0. The largest absolute Gasteiger partial charge is 0.354 e. The van der Waals surface area contributed by atoms with Crippen LogP contribution in [-0.4, -0.2) is 12.5 Å². The molecule has 26 heavy (non-hydrogen) atoms. The standard InChI is InChI=1S/C21H24F2N2O/c1-12(2)13-3-5-14(6-4-13)20(24)11-25-21(26)17-10-16(17)15-7-8-18(22)19(23)9-15/h3-9,12,16-17,20H,10-11,24H2,1-2H3,(H,25,26). The Bertz CT molecular complexity index is 789. The van der Waals surface area contributed by atoms with Crippen molar-refractivity contribution in [2.45, 2.75) is 38.1 Å². The summed E-state index contributed by atoms with van der Waals surface area (Å²) in [6, 6.07) is 11.6. The number of hydrogen-bond donors (Lipinski definition) is 2. The maximum atomic E-state index is 13.3. The van der Waals surface area contributed by atoms with E-state index in [1.165, 1.54) is 11.6 Å². The van der Waals surface area contributed by atoms with Gasteiger partial charge in [-0.2, -0.15) is 0 Å². The Morgan fingerprint density at radius 1 is 1.12 bits per heavy atom. The van der Waals surface area contributed by atoms with Crippen molar-refractivity contribution in [3.63, 3.8) is 0 Å². The molecule has 2 aromatic carbocycles. The van der Waals surface area contributed by atoms with Gasteiger partial charge in [-0.05, 0) is 47.1 Å². The van der Waals surface area contributed by atoms with Crippen molar-refractivity contribution >= 4 is 5.91 Å². The quantitative estimate of drug-likeness (QED) is 0.820. The molecule has 0 radical (unpaired) electrons. The fraction of sp³-hybridized carbons (Fsp3) is 0.381. The van der Waals surface area contributed by atoms with E-state index in [-0.39, 0.29) is 23.8 Å². The third-order valence-corrected chi connectivity index (χ3v) is 5.03. The van der Waals surface area contributed by atoms with Crippen LogP contribution in [0.4, 0.5) is 8.78 Å². The van der Waals surface area contributed by atoms with Crippen LogP contribution in [0.15, 0.2) is 42.5 Å². The lowest BCUT2D eigenvalue weighted by Crippen LogP contribution is -2.33. The van der Waals surface area contributed by atoms with E-state index in [1.54, 1.807) is 6.07 Å². The van der Waals surface area contributed by atoms with Gasteiger partial charge in [0.05, 0.1) is 0 Å². The molecular weight excluding hydrogens is 334 g/mol. The molecule has 3 rings (SSSR count). The molecule has 0 aromatic heterocycles. The van der Waals surface area contributed by atoms with Gasteiger partial charge < -0.3 is 11.1 Å². The topological polar surface area (TPSA) is 55.1 Å². The molecule has 0 spiro atoms. The number of amides is 1. The normalized spacial score (nSPS) is 20.1. The van der Waals surface area contributed by atoms with E-state index in [0.717, 1.165) is 11.6 Å². The van der Waals surface area contributed by atoms with Gasteiger partial charge in [0, 0.05) is 18.5 Å². The van der Waals surface area contributed by atoms with E-state index in [2.05, 4.69) is 31.3 Å². The van der Waals surface area contributed by atoms with Gasteiger partial charge in [0.25, 0.3) is 0 Å². The van der Waals surface area contributed by atoms with Crippen LogP contribution in [0, 0.1) is 17.6 Å². The van der Waals surface area contributed by atoms with Gasteiger partial charge in [-0.3, -0.25) is 4.79 Å². The molecule has 5 heteroatoms. The molecule has 1 aliphatic carbocycles. The summed E-state index contributed by atoms with van der Waals surface area (Å²) in [5, 5.41) is 2.87. The fourth-order valence-electron chi connectivity index (χ4n) is 3.18. The Kier molecular flexibility index (Phi) is 5.37. The van der Waals surface area contributed by atoms with Crippen molar-refractivity contribution in [3.05, 3.63) is 70.8 Å². The third kappa shape index (κ3) is 4.10. The first kappa shape index (κ1) is 18.5. The predicted octanol–water partition coefficient (Wildman–Crippen LogP) is 4.01. The second-order valence-corrected chi connectivity index (χ2v) is 7.30. The number of nitrogens with two attached hydrogens (primary N) is 1. The Labute approximate surface area is 152 Å². The minimum Gasteiger partial charge on any atom is -0.354 e. The van der Waals surface area contributed by atoms with Gasteiger partial charge in [0.1, 0.15) is 0 Å². The number of hydrogen-bond acceptors (Lipinski definition) is 2.